The highest BCUT2D eigenvalue weighted by Gasteiger charge is 2.07. The third kappa shape index (κ3) is 3.10. The number of aryl methyl sites for hydroxylation is 1. The van der Waals surface area contributed by atoms with Crippen molar-refractivity contribution in [2.45, 2.75) is 26.5 Å². The molecule has 2 aromatic heterocycles. The molecule has 0 amide bonds. The van der Waals surface area contributed by atoms with E-state index in [1.165, 1.54) is 11.3 Å². The van der Waals surface area contributed by atoms with E-state index in [1.54, 1.807) is 18.3 Å². The average Bonchev–Trinajstić information content (AvgIpc) is 2.95. The molecule has 2 aromatic rings. The predicted molar refractivity (Wildman–Crippen MR) is 68.1 cm³/mol. The third-order valence-corrected chi connectivity index (χ3v) is 3.36. The summed E-state index contributed by atoms with van der Waals surface area (Å²) in [4.78, 5) is 11.9. The van der Waals surface area contributed by atoms with Gasteiger partial charge < -0.3 is 9.84 Å². The van der Waals surface area contributed by atoms with Gasteiger partial charge in [0, 0.05) is 11.4 Å². The third-order valence-electron chi connectivity index (χ3n) is 2.32. The van der Waals surface area contributed by atoms with Gasteiger partial charge in [-0.1, -0.05) is 6.92 Å². The quantitative estimate of drug-likeness (QED) is 0.873. The molecule has 0 spiro atoms. The van der Waals surface area contributed by atoms with E-state index in [0.717, 1.165) is 17.8 Å². The summed E-state index contributed by atoms with van der Waals surface area (Å²) in [5, 5.41) is 13.0. The molecule has 6 heteroatoms. The number of ether oxygens (including phenoxy) is 1. The molecule has 2 rings (SSSR count). The van der Waals surface area contributed by atoms with Gasteiger partial charge in [0.05, 0.1) is 12.4 Å². The molecule has 0 aromatic carbocycles. The van der Waals surface area contributed by atoms with Crippen molar-refractivity contribution >= 4 is 17.3 Å². The maximum Gasteiger partial charge on any atom is 0.345 e. The van der Waals surface area contributed by atoms with E-state index >= 15 is 0 Å². The summed E-state index contributed by atoms with van der Waals surface area (Å²) < 4.78 is 7.37. The maximum absolute atomic E-state index is 10.7. The summed E-state index contributed by atoms with van der Waals surface area (Å²) in [7, 11) is 0. The fourth-order valence-electron chi connectivity index (χ4n) is 1.50. The van der Waals surface area contributed by atoms with Crippen molar-refractivity contribution in [1.29, 1.82) is 0 Å². The van der Waals surface area contributed by atoms with Crippen LogP contribution in [0.15, 0.2) is 24.5 Å². The zero-order valence-electron chi connectivity index (χ0n) is 10.00. The molecule has 0 saturated carbocycles. The minimum atomic E-state index is -0.901. The first kappa shape index (κ1) is 12.6. The standard InChI is InChI=1S/C12H14N2O3S/c1-2-5-14-7-9(6-13-14)17-8-10-3-4-11(18-10)12(15)16/h3-4,6-7H,2,5,8H2,1H3,(H,15,16). The zero-order valence-corrected chi connectivity index (χ0v) is 10.8. The fraction of sp³-hybridized carbons (Fsp3) is 0.333. The number of carbonyl (C=O) groups is 1. The van der Waals surface area contributed by atoms with Crippen LogP contribution in [0, 0.1) is 0 Å². The van der Waals surface area contributed by atoms with Crippen molar-refractivity contribution < 1.29 is 14.6 Å². The number of rotatable bonds is 6. The Labute approximate surface area is 109 Å². The fourth-order valence-corrected chi connectivity index (χ4v) is 2.26. The van der Waals surface area contributed by atoms with Crippen molar-refractivity contribution in [3.8, 4) is 5.75 Å². The van der Waals surface area contributed by atoms with Crippen LogP contribution in [0.5, 0.6) is 5.75 Å². The van der Waals surface area contributed by atoms with E-state index in [-0.39, 0.29) is 0 Å². The summed E-state index contributed by atoms with van der Waals surface area (Å²) >= 11 is 1.23. The largest absolute Gasteiger partial charge is 0.485 e. The van der Waals surface area contributed by atoms with Crippen molar-refractivity contribution in [2.24, 2.45) is 0 Å². The molecule has 0 saturated heterocycles. The number of carboxylic acid groups (broad SMARTS) is 1. The summed E-state index contributed by atoms with van der Waals surface area (Å²) in [6.45, 7) is 3.32. The number of thiophene rings is 1. The smallest absolute Gasteiger partial charge is 0.345 e. The van der Waals surface area contributed by atoms with Gasteiger partial charge in [-0.2, -0.15) is 5.10 Å². The van der Waals surface area contributed by atoms with Crippen LogP contribution in [-0.2, 0) is 13.2 Å². The lowest BCUT2D eigenvalue weighted by Crippen LogP contribution is -1.96. The van der Waals surface area contributed by atoms with Gasteiger partial charge in [0.2, 0.25) is 0 Å². The summed E-state index contributed by atoms with van der Waals surface area (Å²) in [6.07, 6.45) is 4.53. The van der Waals surface area contributed by atoms with E-state index in [2.05, 4.69) is 12.0 Å². The van der Waals surface area contributed by atoms with Crippen LogP contribution < -0.4 is 4.74 Å². The topological polar surface area (TPSA) is 64.3 Å². The van der Waals surface area contributed by atoms with E-state index in [1.807, 2.05) is 10.9 Å². The first-order chi connectivity index (χ1) is 8.69. The number of hydrogen-bond acceptors (Lipinski definition) is 4. The first-order valence-electron chi connectivity index (χ1n) is 5.66. The summed E-state index contributed by atoms with van der Waals surface area (Å²) in [5.41, 5.74) is 0. The van der Waals surface area contributed by atoms with Gasteiger partial charge in [-0.15, -0.1) is 11.3 Å². The molecule has 18 heavy (non-hydrogen) atoms. The van der Waals surface area contributed by atoms with E-state index in [4.69, 9.17) is 9.84 Å². The van der Waals surface area contributed by atoms with Crippen LogP contribution in [0.4, 0.5) is 0 Å². The lowest BCUT2D eigenvalue weighted by atomic mass is 10.4. The summed E-state index contributed by atoms with van der Waals surface area (Å²) in [5.74, 6) is -0.198. The molecule has 0 unspecified atom stereocenters. The Morgan fingerprint density at radius 2 is 2.39 bits per heavy atom. The van der Waals surface area contributed by atoms with Crippen LogP contribution in [-0.4, -0.2) is 20.9 Å². The molecule has 1 N–H and O–H groups in total. The second kappa shape index (κ2) is 5.68. The average molecular weight is 266 g/mol. The Morgan fingerprint density at radius 1 is 1.56 bits per heavy atom. The van der Waals surface area contributed by atoms with E-state index in [9.17, 15) is 4.79 Å². The highest BCUT2D eigenvalue weighted by atomic mass is 32.1. The van der Waals surface area contributed by atoms with Crippen molar-refractivity contribution in [2.75, 3.05) is 0 Å². The number of aromatic carboxylic acids is 1. The lowest BCUT2D eigenvalue weighted by Gasteiger charge is -2.00. The van der Waals surface area contributed by atoms with Gasteiger partial charge >= 0.3 is 5.97 Å². The Morgan fingerprint density at radius 3 is 3.06 bits per heavy atom. The van der Waals surface area contributed by atoms with Gasteiger partial charge in [-0.3, -0.25) is 4.68 Å². The number of hydrogen-bond donors (Lipinski definition) is 1. The van der Waals surface area contributed by atoms with Crippen LogP contribution in [0.1, 0.15) is 27.9 Å². The molecule has 5 nitrogen and oxygen atoms in total. The highest BCUT2D eigenvalue weighted by Crippen LogP contribution is 2.19. The Kier molecular flexibility index (Phi) is 3.99. The molecule has 96 valence electrons. The second-order valence-corrected chi connectivity index (χ2v) is 4.97. The lowest BCUT2D eigenvalue weighted by molar-refractivity contribution is 0.0702. The first-order valence-corrected chi connectivity index (χ1v) is 6.48. The normalized spacial score (nSPS) is 10.5. The molecule has 0 aliphatic heterocycles. The maximum atomic E-state index is 10.7. The minimum Gasteiger partial charge on any atom is -0.485 e. The Hall–Kier alpha value is -1.82. The molecule has 0 atom stereocenters. The zero-order chi connectivity index (χ0) is 13.0. The van der Waals surface area contributed by atoms with Gasteiger partial charge in [-0.05, 0) is 18.6 Å². The van der Waals surface area contributed by atoms with Crippen LogP contribution >= 0.6 is 11.3 Å². The molecule has 0 bridgehead atoms. The molecular formula is C12H14N2O3S. The molecule has 0 aliphatic carbocycles. The monoisotopic (exact) mass is 266 g/mol. The van der Waals surface area contributed by atoms with Crippen molar-refractivity contribution in [3.63, 3.8) is 0 Å². The van der Waals surface area contributed by atoms with E-state index in [0.29, 0.717) is 17.2 Å². The van der Waals surface area contributed by atoms with Gasteiger partial charge in [-0.25, -0.2) is 4.79 Å². The van der Waals surface area contributed by atoms with Crippen molar-refractivity contribution in [1.82, 2.24) is 9.78 Å². The van der Waals surface area contributed by atoms with E-state index < -0.39 is 5.97 Å². The highest BCUT2D eigenvalue weighted by molar-refractivity contribution is 7.13. The van der Waals surface area contributed by atoms with Crippen molar-refractivity contribution in [3.05, 3.63) is 34.3 Å². The molecule has 0 radical (unpaired) electrons. The molecular weight excluding hydrogens is 252 g/mol. The SMILES string of the molecule is CCCn1cc(OCc2ccc(C(=O)O)s2)cn1. The molecule has 0 fully saturated rings. The molecule has 2 heterocycles. The number of aromatic nitrogens is 2. The molecule has 0 aliphatic rings. The van der Waals surface area contributed by atoms with Crippen LogP contribution in [0.3, 0.4) is 0 Å². The number of nitrogens with zero attached hydrogens (tertiary/aromatic N) is 2. The van der Waals surface area contributed by atoms with Gasteiger partial charge in [0.1, 0.15) is 11.5 Å². The van der Waals surface area contributed by atoms with Gasteiger partial charge in [0.25, 0.3) is 0 Å². The number of carboxylic acids is 1. The summed E-state index contributed by atoms with van der Waals surface area (Å²) in [6, 6.07) is 3.36. The minimum absolute atomic E-state index is 0.329. The van der Waals surface area contributed by atoms with Crippen LogP contribution in [0.2, 0.25) is 0 Å². The Bertz CT molecular complexity index is 533. The Balaban J connectivity index is 1.91. The predicted octanol–water partition coefficient (Wildman–Crippen LogP) is 2.63. The second-order valence-electron chi connectivity index (χ2n) is 3.80. The van der Waals surface area contributed by atoms with Gasteiger partial charge in [0.15, 0.2) is 5.75 Å². The van der Waals surface area contributed by atoms with Crippen LogP contribution in [0.25, 0.3) is 0 Å².